The lowest BCUT2D eigenvalue weighted by atomic mass is 10.1. The molecule has 86 valence electrons. The lowest BCUT2D eigenvalue weighted by Crippen LogP contribution is -2.11. The number of alkyl halides is 1. The van der Waals surface area contributed by atoms with Crippen LogP contribution in [0.15, 0.2) is 0 Å². The summed E-state index contributed by atoms with van der Waals surface area (Å²) in [6.07, 6.45) is 4.82. The van der Waals surface area contributed by atoms with E-state index in [0.29, 0.717) is 6.04 Å². The normalized spacial score (nSPS) is 15.2. The van der Waals surface area contributed by atoms with Gasteiger partial charge in [0, 0.05) is 0 Å². The molecule has 0 N–H and O–H groups in total. The first-order chi connectivity index (χ1) is 7.16. The molecule has 0 saturated heterocycles. The van der Waals surface area contributed by atoms with Crippen molar-refractivity contribution >= 4 is 11.6 Å². The van der Waals surface area contributed by atoms with Crippen LogP contribution in [0.1, 0.15) is 63.7 Å². The molecular formula is C10H19ClN4. The minimum Gasteiger partial charge on any atom is -0.225 e. The first kappa shape index (κ1) is 12.4. The molecule has 15 heavy (non-hydrogen) atoms. The molecule has 0 aromatic carbocycles. The van der Waals surface area contributed by atoms with Gasteiger partial charge < -0.3 is 0 Å². The fourth-order valence-electron chi connectivity index (χ4n) is 1.59. The zero-order valence-corrected chi connectivity index (χ0v) is 10.4. The molecule has 0 saturated carbocycles. The number of nitrogens with zero attached hydrogens (tertiary/aromatic N) is 4. The second kappa shape index (κ2) is 6.05. The van der Waals surface area contributed by atoms with E-state index in [4.69, 9.17) is 11.6 Å². The van der Waals surface area contributed by atoms with E-state index in [9.17, 15) is 0 Å². The first-order valence-electron chi connectivity index (χ1n) is 5.58. The molecule has 0 fully saturated rings. The van der Waals surface area contributed by atoms with Crippen LogP contribution in [0.5, 0.6) is 0 Å². The van der Waals surface area contributed by atoms with Crippen LogP contribution in [-0.4, -0.2) is 20.2 Å². The maximum atomic E-state index is 5.99. The highest BCUT2D eigenvalue weighted by Gasteiger charge is 2.16. The summed E-state index contributed by atoms with van der Waals surface area (Å²) in [7, 11) is 0. The Morgan fingerprint density at radius 2 is 2.07 bits per heavy atom. The zero-order valence-electron chi connectivity index (χ0n) is 9.65. The highest BCUT2D eigenvalue weighted by atomic mass is 35.5. The maximum absolute atomic E-state index is 5.99. The lowest BCUT2D eigenvalue weighted by Gasteiger charge is -2.13. The summed E-state index contributed by atoms with van der Waals surface area (Å²) < 4.78 is 1.84. The van der Waals surface area contributed by atoms with Crippen molar-refractivity contribution in [2.24, 2.45) is 0 Å². The number of hydrogen-bond donors (Lipinski definition) is 0. The van der Waals surface area contributed by atoms with Gasteiger partial charge in [-0.3, -0.25) is 0 Å². The van der Waals surface area contributed by atoms with E-state index in [1.807, 2.05) is 11.6 Å². The van der Waals surface area contributed by atoms with Gasteiger partial charge in [-0.15, -0.1) is 16.7 Å². The minimum absolute atomic E-state index is 0.131. The molecule has 1 rings (SSSR count). The van der Waals surface area contributed by atoms with Crippen molar-refractivity contribution < 1.29 is 0 Å². The molecule has 0 aliphatic carbocycles. The molecule has 2 atom stereocenters. The third-order valence-electron chi connectivity index (χ3n) is 2.52. The second-order valence-corrected chi connectivity index (χ2v) is 4.60. The lowest BCUT2D eigenvalue weighted by molar-refractivity contribution is 0.416. The van der Waals surface area contributed by atoms with Crippen LogP contribution in [0.2, 0.25) is 0 Å². The highest BCUT2D eigenvalue weighted by molar-refractivity contribution is 6.20. The molecule has 0 aliphatic rings. The number of hydrogen-bond acceptors (Lipinski definition) is 3. The van der Waals surface area contributed by atoms with Crippen LogP contribution in [0, 0.1) is 0 Å². The molecule has 0 amide bonds. The maximum Gasteiger partial charge on any atom is 0.169 e. The van der Waals surface area contributed by atoms with Crippen LogP contribution < -0.4 is 0 Å². The summed E-state index contributed by atoms with van der Waals surface area (Å²) in [6, 6.07) is 0.336. The van der Waals surface area contributed by atoms with E-state index in [1.54, 1.807) is 0 Å². The fourth-order valence-corrected chi connectivity index (χ4v) is 1.73. The van der Waals surface area contributed by atoms with Crippen molar-refractivity contribution in [3.8, 4) is 0 Å². The number of rotatable bonds is 6. The predicted octanol–water partition coefficient (Wildman–Crippen LogP) is 3.11. The monoisotopic (exact) mass is 230 g/mol. The van der Waals surface area contributed by atoms with E-state index in [0.717, 1.165) is 12.2 Å². The molecule has 1 heterocycles. The Labute approximate surface area is 96.0 Å². The third-order valence-corrected chi connectivity index (χ3v) is 2.71. The molecule has 2 unspecified atom stereocenters. The SMILES string of the molecule is CCCCCC(C)n1nnnc1C(C)Cl. The Hall–Kier alpha value is -0.640. The molecule has 1 aromatic rings. The Kier molecular flexibility index (Phi) is 5.02. The van der Waals surface area contributed by atoms with Gasteiger partial charge in [0.15, 0.2) is 5.82 Å². The van der Waals surface area contributed by atoms with Gasteiger partial charge in [0.05, 0.1) is 11.4 Å². The topological polar surface area (TPSA) is 43.6 Å². The smallest absolute Gasteiger partial charge is 0.169 e. The average molecular weight is 231 g/mol. The van der Waals surface area contributed by atoms with Gasteiger partial charge in [-0.1, -0.05) is 26.2 Å². The quantitative estimate of drug-likeness (QED) is 0.557. The summed E-state index contributed by atoms with van der Waals surface area (Å²) in [5, 5.41) is 11.5. The van der Waals surface area contributed by atoms with Gasteiger partial charge in [-0.2, -0.15) is 0 Å². The number of tetrazole rings is 1. The van der Waals surface area contributed by atoms with E-state index < -0.39 is 0 Å². The Morgan fingerprint density at radius 1 is 1.33 bits per heavy atom. The van der Waals surface area contributed by atoms with Crippen molar-refractivity contribution in [3.05, 3.63) is 5.82 Å². The fraction of sp³-hybridized carbons (Fsp3) is 0.900. The van der Waals surface area contributed by atoms with Crippen molar-refractivity contribution in [3.63, 3.8) is 0 Å². The second-order valence-electron chi connectivity index (χ2n) is 3.94. The van der Waals surface area contributed by atoms with Gasteiger partial charge in [0.1, 0.15) is 0 Å². The van der Waals surface area contributed by atoms with Crippen LogP contribution >= 0.6 is 11.6 Å². The standard InChI is InChI=1S/C10H19ClN4/c1-4-5-6-7-8(2)15-10(9(3)11)12-13-14-15/h8-9H,4-7H2,1-3H3. The molecule has 4 nitrogen and oxygen atoms in total. The Balaban J connectivity index is 2.56. The van der Waals surface area contributed by atoms with Crippen molar-refractivity contribution in [2.45, 2.75) is 57.9 Å². The summed E-state index contributed by atoms with van der Waals surface area (Å²) in [4.78, 5) is 0. The van der Waals surface area contributed by atoms with Crippen LogP contribution in [0.4, 0.5) is 0 Å². The van der Waals surface area contributed by atoms with Gasteiger partial charge in [-0.25, -0.2) is 4.68 Å². The molecular weight excluding hydrogens is 212 g/mol. The van der Waals surface area contributed by atoms with Gasteiger partial charge in [-0.05, 0) is 30.7 Å². The molecule has 0 radical (unpaired) electrons. The number of unbranched alkanes of at least 4 members (excludes halogenated alkanes) is 2. The van der Waals surface area contributed by atoms with Gasteiger partial charge >= 0.3 is 0 Å². The van der Waals surface area contributed by atoms with Gasteiger partial charge in [0.2, 0.25) is 0 Å². The zero-order chi connectivity index (χ0) is 11.3. The summed E-state index contributed by atoms with van der Waals surface area (Å²) in [5.74, 6) is 0.765. The van der Waals surface area contributed by atoms with E-state index >= 15 is 0 Å². The summed E-state index contributed by atoms with van der Waals surface area (Å²) >= 11 is 5.99. The molecule has 0 spiro atoms. The number of aromatic nitrogens is 4. The number of halogens is 1. The van der Waals surface area contributed by atoms with Crippen LogP contribution in [-0.2, 0) is 0 Å². The summed E-state index contributed by atoms with van der Waals surface area (Å²) in [5.41, 5.74) is 0. The van der Waals surface area contributed by atoms with Crippen LogP contribution in [0.25, 0.3) is 0 Å². The van der Waals surface area contributed by atoms with E-state index in [-0.39, 0.29) is 5.38 Å². The van der Waals surface area contributed by atoms with Crippen molar-refractivity contribution in [1.29, 1.82) is 0 Å². The summed E-state index contributed by atoms with van der Waals surface area (Å²) in [6.45, 7) is 6.23. The third kappa shape index (κ3) is 3.45. The Morgan fingerprint density at radius 3 is 2.67 bits per heavy atom. The molecule has 5 heteroatoms. The largest absolute Gasteiger partial charge is 0.225 e. The molecule has 1 aromatic heterocycles. The Bertz CT molecular complexity index is 285. The minimum atomic E-state index is -0.131. The van der Waals surface area contributed by atoms with Gasteiger partial charge in [0.25, 0.3) is 0 Å². The van der Waals surface area contributed by atoms with Crippen LogP contribution in [0.3, 0.4) is 0 Å². The molecule has 0 bridgehead atoms. The van der Waals surface area contributed by atoms with E-state index in [1.165, 1.54) is 19.3 Å². The first-order valence-corrected chi connectivity index (χ1v) is 6.02. The highest BCUT2D eigenvalue weighted by Crippen LogP contribution is 2.21. The van der Waals surface area contributed by atoms with E-state index in [2.05, 4.69) is 29.4 Å². The average Bonchev–Trinajstić information content (AvgIpc) is 2.66. The van der Waals surface area contributed by atoms with Crippen molar-refractivity contribution in [2.75, 3.05) is 0 Å². The molecule has 0 aliphatic heterocycles. The predicted molar refractivity (Wildman–Crippen MR) is 60.9 cm³/mol. The van der Waals surface area contributed by atoms with Crippen molar-refractivity contribution in [1.82, 2.24) is 20.2 Å².